The van der Waals surface area contributed by atoms with Crippen molar-refractivity contribution in [1.29, 1.82) is 0 Å². The molecular weight excluding hydrogens is 254 g/mol. The van der Waals surface area contributed by atoms with E-state index in [-0.39, 0.29) is 17.8 Å². The summed E-state index contributed by atoms with van der Waals surface area (Å²) >= 11 is 0. The van der Waals surface area contributed by atoms with E-state index in [1.54, 1.807) is 12.1 Å². The van der Waals surface area contributed by atoms with Crippen LogP contribution >= 0.6 is 0 Å². The second kappa shape index (κ2) is 5.83. The van der Waals surface area contributed by atoms with Crippen LogP contribution in [0.15, 0.2) is 18.2 Å². The van der Waals surface area contributed by atoms with Gasteiger partial charge in [-0.1, -0.05) is 6.07 Å². The van der Waals surface area contributed by atoms with Crippen LogP contribution in [0.25, 0.3) is 0 Å². The number of phenols is 1. The molecule has 0 radical (unpaired) electrons. The lowest BCUT2D eigenvalue weighted by atomic mass is 9.98. The second-order valence-corrected chi connectivity index (χ2v) is 5.71. The second-order valence-electron chi connectivity index (χ2n) is 5.71. The first-order valence-corrected chi connectivity index (χ1v) is 7.42. The fraction of sp³-hybridized carbons (Fsp3) is 0.562. The van der Waals surface area contributed by atoms with Gasteiger partial charge in [0.2, 0.25) is 5.91 Å². The number of ether oxygens (including phenoxy) is 1. The molecular formula is C16H21NO3. The molecule has 108 valence electrons. The van der Waals surface area contributed by atoms with Crippen molar-refractivity contribution in [2.45, 2.75) is 44.8 Å². The quantitative estimate of drug-likeness (QED) is 0.900. The molecule has 0 aliphatic carbocycles. The highest BCUT2D eigenvalue weighted by Crippen LogP contribution is 2.24. The number of hydrogen-bond acceptors (Lipinski definition) is 3. The van der Waals surface area contributed by atoms with Crippen LogP contribution in [-0.4, -0.2) is 35.2 Å². The molecule has 2 aliphatic heterocycles. The Labute approximate surface area is 119 Å². The van der Waals surface area contributed by atoms with Gasteiger partial charge in [-0.3, -0.25) is 4.79 Å². The first-order chi connectivity index (χ1) is 9.72. The van der Waals surface area contributed by atoms with Crippen LogP contribution in [0.3, 0.4) is 0 Å². The van der Waals surface area contributed by atoms with Gasteiger partial charge in [0, 0.05) is 19.7 Å². The van der Waals surface area contributed by atoms with Crippen LogP contribution < -0.4 is 0 Å². The number of hydrogen-bond donors (Lipinski definition) is 1. The minimum absolute atomic E-state index is 0.0989. The van der Waals surface area contributed by atoms with Gasteiger partial charge in [-0.15, -0.1) is 0 Å². The van der Waals surface area contributed by atoms with Gasteiger partial charge in [-0.25, -0.2) is 0 Å². The lowest BCUT2D eigenvalue weighted by Crippen LogP contribution is -2.38. The molecule has 0 aromatic heterocycles. The Morgan fingerprint density at radius 1 is 1.35 bits per heavy atom. The van der Waals surface area contributed by atoms with Crippen LogP contribution in [-0.2, 0) is 22.5 Å². The SMILES string of the molecule is O=C(CC1CCCCO1)N1CCc2ccc(O)cc2C1. The molecule has 1 amide bonds. The molecule has 2 aliphatic rings. The molecule has 4 heteroatoms. The van der Waals surface area contributed by atoms with Gasteiger partial charge >= 0.3 is 0 Å². The third-order valence-corrected chi connectivity index (χ3v) is 4.23. The monoisotopic (exact) mass is 275 g/mol. The molecule has 0 saturated carbocycles. The van der Waals surface area contributed by atoms with Crippen molar-refractivity contribution in [2.24, 2.45) is 0 Å². The Morgan fingerprint density at radius 2 is 2.25 bits per heavy atom. The zero-order valence-electron chi connectivity index (χ0n) is 11.7. The summed E-state index contributed by atoms with van der Waals surface area (Å²) < 4.78 is 5.64. The molecule has 0 bridgehead atoms. The predicted molar refractivity (Wildman–Crippen MR) is 75.4 cm³/mol. The molecule has 1 fully saturated rings. The highest BCUT2D eigenvalue weighted by molar-refractivity contribution is 5.77. The largest absolute Gasteiger partial charge is 0.508 e. The first-order valence-electron chi connectivity index (χ1n) is 7.42. The lowest BCUT2D eigenvalue weighted by Gasteiger charge is -2.31. The molecule has 1 saturated heterocycles. The number of benzene rings is 1. The lowest BCUT2D eigenvalue weighted by molar-refractivity contribution is -0.136. The summed E-state index contributed by atoms with van der Waals surface area (Å²) in [6.45, 7) is 2.16. The molecule has 1 atom stereocenters. The number of nitrogens with zero attached hydrogens (tertiary/aromatic N) is 1. The summed E-state index contributed by atoms with van der Waals surface area (Å²) in [6.07, 6.45) is 4.73. The number of carbonyl (C=O) groups excluding carboxylic acids is 1. The number of phenolic OH excluding ortho intramolecular Hbond substituents is 1. The Morgan fingerprint density at radius 3 is 3.05 bits per heavy atom. The van der Waals surface area contributed by atoms with E-state index in [1.807, 2.05) is 11.0 Å². The Kier molecular flexibility index (Phi) is 3.92. The molecule has 20 heavy (non-hydrogen) atoms. The zero-order chi connectivity index (χ0) is 13.9. The van der Waals surface area contributed by atoms with Gasteiger partial charge in [-0.05, 0) is 48.9 Å². The van der Waals surface area contributed by atoms with Crippen molar-refractivity contribution < 1.29 is 14.6 Å². The van der Waals surface area contributed by atoms with E-state index in [2.05, 4.69) is 0 Å². The van der Waals surface area contributed by atoms with E-state index in [4.69, 9.17) is 4.74 Å². The summed E-state index contributed by atoms with van der Waals surface area (Å²) in [7, 11) is 0. The average molecular weight is 275 g/mol. The molecule has 2 heterocycles. The number of rotatable bonds is 2. The smallest absolute Gasteiger partial charge is 0.225 e. The first kappa shape index (κ1) is 13.4. The standard InChI is InChI=1S/C16H21NO3/c18-14-5-4-12-6-7-17(11-13(12)9-14)16(19)10-15-3-1-2-8-20-15/h4-5,9,15,18H,1-3,6-8,10-11H2. The third kappa shape index (κ3) is 2.96. The van der Waals surface area contributed by atoms with Gasteiger partial charge in [0.15, 0.2) is 0 Å². The predicted octanol–water partition coefficient (Wildman–Crippen LogP) is 2.24. The van der Waals surface area contributed by atoms with Crippen molar-refractivity contribution in [1.82, 2.24) is 4.90 Å². The molecule has 1 aromatic carbocycles. The van der Waals surface area contributed by atoms with Crippen molar-refractivity contribution in [3.63, 3.8) is 0 Å². The number of aromatic hydroxyl groups is 1. The van der Waals surface area contributed by atoms with Crippen molar-refractivity contribution in [3.05, 3.63) is 29.3 Å². The molecule has 1 unspecified atom stereocenters. The number of amides is 1. The van der Waals surface area contributed by atoms with E-state index in [9.17, 15) is 9.90 Å². The summed E-state index contributed by atoms with van der Waals surface area (Å²) in [5.41, 5.74) is 2.30. The van der Waals surface area contributed by atoms with Crippen molar-refractivity contribution in [3.8, 4) is 5.75 Å². The van der Waals surface area contributed by atoms with Crippen molar-refractivity contribution >= 4 is 5.91 Å². The van der Waals surface area contributed by atoms with Gasteiger partial charge < -0.3 is 14.7 Å². The molecule has 1 aromatic rings. The molecule has 0 spiro atoms. The summed E-state index contributed by atoms with van der Waals surface area (Å²) in [5.74, 6) is 0.444. The van der Waals surface area contributed by atoms with Crippen LogP contribution in [0.5, 0.6) is 5.75 Å². The van der Waals surface area contributed by atoms with Gasteiger partial charge in [0.25, 0.3) is 0 Å². The highest BCUT2D eigenvalue weighted by atomic mass is 16.5. The molecule has 3 rings (SSSR count). The topological polar surface area (TPSA) is 49.8 Å². The maximum atomic E-state index is 12.3. The summed E-state index contributed by atoms with van der Waals surface area (Å²) in [4.78, 5) is 14.2. The van der Waals surface area contributed by atoms with Crippen molar-refractivity contribution in [2.75, 3.05) is 13.2 Å². The maximum absolute atomic E-state index is 12.3. The van der Waals surface area contributed by atoms with E-state index < -0.39 is 0 Å². The van der Waals surface area contributed by atoms with Gasteiger partial charge in [0.05, 0.1) is 12.5 Å². The van der Waals surface area contributed by atoms with Crippen LogP contribution in [0, 0.1) is 0 Å². The Balaban J connectivity index is 1.62. The number of carbonyl (C=O) groups is 1. The fourth-order valence-electron chi connectivity index (χ4n) is 3.05. The van der Waals surface area contributed by atoms with E-state index in [0.717, 1.165) is 44.4 Å². The average Bonchev–Trinajstić information content (AvgIpc) is 2.47. The zero-order valence-corrected chi connectivity index (χ0v) is 11.7. The fourth-order valence-corrected chi connectivity index (χ4v) is 3.05. The highest BCUT2D eigenvalue weighted by Gasteiger charge is 2.24. The Hall–Kier alpha value is -1.55. The van der Waals surface area contributed by atoms with E-state index >= 15 is 0 Å². The molecule has 1 N–H and O–H groups in total. The van der Waals surface area contributed by atoms with E-state index in [0.29, 0.717) is 13.0 Å². The van der Waals surface area contributed by atoms with Crippen LogP contribution in [0.2, 0.25) is 0 Å². The normalized spacial score (nSPS) is 22.4. The van der Waals surface area contributed by atoms with Crippen LogP contribution in [0.1, 0.15) is 36.8 Å². The van der Waals surface area contributed by atoms with Gasteiger partial charge in [0.1, 0.15) is 5.75 Å². The van der Waals surface area contributed by atoms with E-state index in [1.165, 1.54) is 5.56 Å². The summed E-state index contributed by atoms with van der Waals surface area (Å²) in [6, 6.07) is 5.44. The Bertz CT molecular complexity index is 494. The summed E-state index contributed by atoms with van der Waals surface area (Å²) in [5, 5.41) is 9.55. The molecule has 4 nitrogen and oxygen atoms in total. The minimum Gasteiger partial charge on any atom is -0.508 e. The maximum Gasteiger partial charge on any atom is 0.225 e. The van der Waals surface area contributed by atoms with Crippen LogP contribution in [0.4, 0.5) is 0 Å². The minimum atomic E-state index is 0.0989. The third-order valence-electron chi connectivity index (χ3n) is 4.23. The number of fused-ring (bicyclic) bond motifs is 1. The van der Waals surface area contributed by atoms with Gasteiger partial charge in [-0.2, -0.15) is 0 Å².